The normalized spacial score (nSPS) is 16.1. The molecule has 3 heteroatoms. The van der Waals surface area contributed by atoms with Gasteiger partial charge < -0.3 is 10.2 Å². The molecule has 0 aliphatic rings. The zero-order chi connectivity index (χ0) is 14.7. The largest absolute Gasteiger partial charge is 0.302 e. The Kier molecular flexibility index (Phi) is 9.91. The van der Waals surface area contributed by atoms with E-state index in [0.717, 1.165) is 25.8 Å². The minimum Gasteiger partial charge on any atom is -0.302 e. The number of hydrogen-bond donors (Lipinski definition) is 1. The third-order valence-electron chi connectivity index (χ3n) is 4.36. The molecule has 19 heavy (non-hydrogen) atoms. The predicted molar refractivity (Wildman–Crippen MR) is 83.2 cm³/mol. The van der Waals surface area contributed by atoms with E-state index in [1.165, 1.54) is 25.8 Å². The quantitative estimate of drug-likeness (QED) is 0.622. The molecule has 0 fully saturated rings. The molecule has 0 heterocycles. The first-order chi connectivity index (χ1) is 9.09. The van der Waals surface area contributed by atoms with Crippen LogP contribution in [0.3, 0.4) is 0 Å². The molecule has 0 aromatic heterocycles. The Hall–Kier alpha value is -0.590. The third kappa shape index (κ3) is 6.40. The molecule has 0 radical (unpaired) electrons. The lowest BCUT2D eigenvalue weighted by atomic mass is 9.92. The van der Waals surface area contributed by atoms with E-state index in [1.54, 1.807) is 0 Å². The second-order valence-corrected chi connectivity index (χ2v) is 5.55. The van der Waals surface area contributed by atoms with Crippen LogP contribution in [0.15, 0.2) is 0 Å². The summed E-state index contributed by atoms with van der Waals surface area (Å²) in [6, 6.07) is 3.10. The molecule has 112 valence electrons. The van der Waals surface area contributed by atoms with E-state index in [0.29, 0.717) is 6.04 Å². The van der Waals surface area contributed by atoms with Crippen LogP contribution in [-0.4, -0.2) is 36.6 Å². The highest BCUT2D eigenvalue weighted by Crippen LogP contribution is 2.17. The summed E-state index contributed by atoms with van der Waals surface area (Å²) in [6.07, 6.45) is 6.63. The maximum atomic E-state index is 9.31. The van der Waals surface area contributed by atoms with Gasteiger partial charge in [0.2, 0.25) is 0 Å². The Morgan fingerprint density at radius 2 is 1.84 bits per heavy atom. The molecule has 2 unspecified atom stereocenters. The topological polar surface area (TPSA) is 39.1 Å². The van der Waals surface area contributed by atoms with Gasteiger partial charge in [-0.15, -0.1) is 0 Å². The van der Waals surface area contributed by atoms with Crippen molar-refractivity contribution in [2.24, 2.45) is 0 Å². The molecule has 1 N–H and O–H groups in total. The van der Waals surface area contributed by atoms with Gasteiger partial charge in [0.05, 0.1) is 6.07 Å². The van der Waals surface area contributed by atoms with Crippen LogP contribution in [-0.2, 0) is 0 Å². The zero-order valence-electron chi connectivity index (χ0n) is 13.6. The average Bonchev–Trinajstić information content (AvgIpc) is 2.46. The summed E-state index contributed by atoms with van der Waals surface area (Å²) in [5.74, 6) is 0. The van der Waals surface area contributed by atoms with E-state index >= 15 is 0 Å². The molecule has 0 aromatic rings. The molecule has 0 rings (SSSR count). The Bertz CT molecular complexity index is 253. The lowest BCUT2D eigenvalue weighted by Gasteiger charge is -2.30. The fraction of sp³-hybridized carbons (Fsp3) is 0.938. The summed E-state index contributed by atoms with van der Waals surface area (Å²) in [4.78, 5) is 2.58. The Labute approximate surface area is 120 Å². The van der Waals surface area contributed by atoms with Crippen LogP contribution in [0.5, 0.6) is 0 Å². The second-order valence-electron chi connectivity index (χ2n) is 5.55. The smallest absolute Gasteiger partial charge is 0.106 e. The number of nitrogens with zero attached hydrogens (tertiary/aromatic N) is 2. The molecule has 0 aliphatic heterocycles. The molecule has 0 bridgehead atoms. The standard InChI is InChI=1S/C16H33N3/c1-6-9-12-19(15(4)7-2)13-10-11-16(8-3,14-17)18-5/h15,18H,6-13H2,1-5H3. The first kappa shape index (κ1) is 18.4. The molecule has 0 saturated carbocycles. The van der Waals surface area contributed by atoms with Gasteiger partial charge in [-0.25, -0.2) is 0 Å². The molecular weight excluding hydrogens is 234 g/mol. The number of nitrogens with one attached hydrogen (secondary N) is 1. The summed E-state index contributed by atoms with van der Waals surface area (Å²) < 4.78 is 0. The minimum atomic E-state index is -0.328. The molecule has 0 amide bonds. The van der Waals surface area contributed by atoms with Crippen LogP contribution in [0, 0.1) is 11.3 Å². The maximum Gasteiger partial charge on any atom is 0.106 e. The number of unbranched alkanes of at least 4 members (excludes halogenated alkanes) is 1. The monoisotopic (exact) mass is 267 g/mol. The van der Waals surface area contributed by atoms with E-state index in [-0.39, 0.29) is 5.54 Å². The second kappa shape index (κ2) is 10.2. The fourth-order valence-corrected chi connectivity index (χ4v) is 2.43. The zero-order valence-corrected chi connectivity index (χ0v) is 13.6. The van der Waals surface area contributed by atoms with Gasteiger partial charge in [-0.1, -0.05) is 27.2 Å². The van der Waals surface area contributed by atoms with Crippen LogP contribution < -0.4 is 5.32 Å². The summed E-state index contributed by atoms with van der Waals surface area (Å²) in [5, 5.41) is 12.5. The maximum absolute atomic E-state index is 9.31. The molecule has 3 nitrogen and oxygen atoms in total. The summed E-state index contributed by atoms with van der Waals surface area (Å²) in [5.41, 5.74) is -0.328. The van der Waals surface area contributed by atoms with Crippen molar-refractivity contribution in [3.63, 3.8) is 0 Å². The van der Waals surface area contributed by atoms with E-state index in [9.17, 15) is 5.26 Å². The van der Waals surface area contributed by atoms with Gasteiger partial charge in [-0.3, -0.25) is 0 Å². The molecular formula is C16H33N3. The van der Waals surface area contributed by atoms with E-state index in [2.05, 4.69) is 44.0 Å². The molecule has 2 atom stereocenters. The number of nitriles is 1. The highest BCUT2D eigenvalue weighted by atomic mass is 15.1. The molecule has 0 spiro atoms. The lowest BCUT2D eigenvalue weighted by Crippen LogP contribution is -2.42. The van der Waals surface area contributed by atoms with Crippen molar-refractivity contribution in [3.05, 3.63) is 0 Å². The third-order valence-corrected chi connectivity index (χ3v) is 4.36. The highest BCUT2D eigenvalue weighted by molar-refractivity contribution is 5.05. The fourth-order valence-electron chi connectivity index (χ4n) is 2.43. The van der Waals surface area contributed by atoms with Crippen LogP contribution in [0.2, 0.25) is 0 Å². The van der Waals surface area contributed by atoms with Crippen molar-refractivity contribution in [2.45, 2.75) is 77.8 Å². The highest BCUT2D eigenvalue weighted by Gasteiger charge is 2.25. The van der Waals surface area contributed by atoms with Crippen molar-refractivity contribution in [1.29, 1.82) is 5.26 Å². The minimum absolute atomic E-state index is 0.328. The van der Waals surface area contributed by atoms with Gasteiger partial charge in [0.15, 0.2) is 0 Å². The van der Waals surface area contributed by atoms with Crippen molar-refractivity contribution in [1.82, 2.24) is 10.2 Å². The Morgan fingerprint density at radius 3 is 2.26 bits per heavy atom. The molecule has 0 aromatic carbocycles. The predicted octanol–water partition coefficient (Wildman–Crippen LogP) is 3.56. The van der Waals surface area contributed by atoms with Gasteiger partial charge in [0, 0.05) is 6.04 Å². The van der Waals surface area contributed by atoms with Gasteiger partial charge in [0.25, 0.3) is 0 Å². The molecule has 0 aliphatic carbocycles. The van der Waals surface area contributed by atoms with Crippen molar-refractivity contribution in [3.8, 4) is 6.07 Å². The summed E-state index contributed by atoms with van der Waals surface area (Å²) >= 11 is 0. The van der Waals surface area contributed by atoms with Crippen molar-refractivity contribution in [2.75, 3.05) is 20.1 Å². The van der Waals surface area contributed by atoms with Crippen molar-refractivity contribution < 1.29 is 0 Å². The van der Waals surface area contributed by atoms with Crippen LogP contribution in [0.4, 0.5) is 0 Å². The summed E-state index contributed by atoms with van der Waals surface area (Å²) in [6.45, 7) is 11.2. The van der Waals surface area contributed by atoms with Gasteiger partial charge in [-0.05, 0) is 59.2 Å². The lowest BCUT2D eigenvalue weighted by molar-refractivity contribution is 0.191. The Balaban J connectivity index is 4.28. The van der Waals surface area contributed by atoms with E-state index in [1.807, 2.05) is 7.05 Å². The van der Waals surface area contributed by atoms with Crippen LogP contribution in [0.1, 0.15) is 66.2 Å². The summed E-state index contributed by atoms with van der Waals surface area (Å²) in [7, 11) is 1.90. The van der Waals surface area contributed by atoms with Gasteiger partial charge in [0.1, 0.15) is 5.54 Å². The van der Waals surface area contributed by atoms with E-state index in [4.69, 9.17) is 0 Å². The Morgan fingerprint density at radius 1 is 1.21 bits per heavy atom. The number of rotatable bonds is 11. The average molecular weight is 267 g/mol. The first-order valence-electron chi connectivity index (χ1n) is 7.93. The van der Waals surface area contributed by atoms with Gasteiger partial charge in [-0.2, -0.15) is 5.26 Å². The first-order valence-corrected chi connectivity index (χ1v) is 7.93. The van der Waals surface area contributed by atoms with Crippen LogP contribution >= 0.6 is 0 Å². The number of hydrogen-bond acceptors (Lipinski definition) is 3. The molecule has 0 saturated heterocycles. The SMILES string of the molecule is CCCCN(CCCC(C#N)(CC)NC)C(C)CC. The van der Waals surface area contributed by atoms with E-state index < -0.39 is 0 Å². The van der Waals surface area contributed by atoms with Crippen molar-refractivity contribution >= 4 is 0 Å². The van der Waals surface area contributed by atoms with Gasteiger partial charge >= 0.3 is 0 Å². The van der Waals surface area contributed by atoms with Crippen LogP contribution in [0.25, 0.3) is 0 Å².